The number of carbonyl (C=O) groups excluding carboxylic acids is 2. The zero-order valence-corrected chi connectivity index (χ0v) is 21.7. The summed E-state index contributed by atoms with van der Waals surface area (Å²) in [4.78, 5) is 27.7. The standard InChI is InChI=1S/C27H30F2N4O2S/c1-5-13-30-21(34)15-32-22(35)16-36-24(17-7-6-8-19(29)14-17)23-25(27(2,3)4)31-33(26(23)32)20-11-9-18(28)10-12-20/h6-12,14,24H,5,13,15-16H2,1-4H3,(H,30,34)/t24-/m1/s1. The van der Waals surface area contributed by atoms with Crippen LogP contribution in [-0.2, 0) is 15.0 Å². The van der Waals surface area contributed by atoms with Crippen LogP contribution in [0.4, 0.5) is 14.6 Å². The van der Waals surface area contributed by atoms with Gasteiger partial charge in [-0.25, -0.2) is 13.5 Å². The highest BCUT2D eigenvalue weighted by Crippen LogP contribution is 2.48. The second-order valence-electron chi connectivity index (χ2n) is 9.80. The third-order valence-electron chi connectivity index (χ3n) is 5.90. The van der Waals surface area contributed by atoms with Gasteiger partial charge in [-0.05, 0) is 48.4 Å². The summed E-state index contributed by atoms with van der Waals surface area (Å²) in [5, 5.41) is 7.36. The Morgan fingerprint density at radius 3 is 2.50 bits per heavy atom. The number of aromatic nitrogens is 2. The summed E-state index contributed by atoms with van der Waals surface area (Å²) < 4.78 is 29.7. The van der Waals surface area contributed by atoms with Gasteiger partial charge in [0.2, 0.25) is 11.8 Å². The van der Waals surface area contributed by atoms with E-state index in [9.17, 15) is 18.4 Å². The molecule has 1 aliphatic heterocycles. The van der Waals surface area contributed by atoms with Crippen molar-refractivity contribution in [3.8, 4) is 5.69 Å². The number of fused-ring (bicyclic) bond motifs is 1. The van der Waals surface area contributed by atoms with Crippen LogP contribution in [0.3, 0.4) is 0 Å². The molecule has 0 aliphatic carbocycles. The summed E-state index contributed by atoms with van der Waals surface area (Å²) in [6.45, 7) is 8.32. The topological polar surface area (TPSA) is 67.2 Å². The lowest BCUT2D eigenvalue weighted by atomic mass is 9.87. The van der Waals surface area contributed by atoms with E-state index >= 15 is 0 Å². The highest BCUT2D eigenvalue weighted by atomic mass is 32.2. The fourth-order valence-electron chi connectivity index (χ4n) is 4.23. The first-order valence-corrected chi connectivity index (χ1v) is 13.0. The summed E-state index contributed by atoms with van der Waals surface area (Å²) in [6, 6.07) is 12.2. The number of nitrogens with one attached hydrogen (secondary N) is 1. The Bertz CT molecular complexity index is 1270. The monoisotopic (exact) mass is 512 g/mol. The number of nitrogens with zero attached hydrogens (tertiary/aromatic N) is 3. The quantitative estimate of drug-likeness (QED) is 0.497. The Morgan fingerprint density at radius 1 is 1.14 bits per heavy atom. The van der Waals surface area contributed by atoms with Crippen LogP contribution in [0.15, 0.2) is 48.5 Å². The van der Waals surface area contributed by atoms with Crippen LogP contribution in [0.25, 0.3) is 5.69 Å². The molecule has 0 spiro atoms. The van der Waals surface area contributed by atoms with Gasteiger partial charge in [0.05, 0.1) is 22.4 Å². The molecule has 4 rings (SSSR count). The number of hydrogen-bond donors (Lipinski definition) is 1. The average molecular weight is 513 g/mol. The molecule has 190 valence electrons. The summed E-state index contributed by atoms with van der Waals surface area (Å²) in [5.41, 5.74) is 2.29. The van der Waals surface area contributed by atoms with Crippen LogP contribution < -0.4 is 10.2 Å². The van der Waals surface area contributed by atoms with Crippen LogP contribution in [-0.4, -0.2) is 40.4 Å². The molecular formula is C27H30F2N4O2S. The van der Waals surface area contributed by atoms with Crippen LogP contribution in [0.2, 0.25) is 0 Å². The Hall–Kier alpha value is -3.20. The van der Waals surface area contributed by atoms with E-state index in [-0.39, 0.29) is 29.9 Å². The zero-order valence-electron chi connectivity index (χ0n) is 20.8. The number of thioether (sulfide) groups is 1. The Balaban J connectivity index is 1.99. The van der Waals surface area contributed by atoms with Crippen molar-refractivity contribution in [1.29, 1.82) is 0 Å². The van der Waals surface area contributed by atoms with Gasteiger partial charge in [-0.15, -0.1) is 11.8 Å². The maximum atomic E-state index is 14.3. The molecule has 1 aromatic heterocycles. The fourth-order valence-corrected chi connectivity index (χ4v) is 5.42. The van der Waals surface area contributed by atoms with Gasteiger partial charge in [0.15, 0.2) is 0 Å². The minimum atomic E-state index is -0.439. The molecule has 1 aliphatic rings. The van der Waals surface area contributed by atoms with E-state index < -0.39 is 16.5 Å². The molecule has 2 aromatic carbocycles. The molecule has 0 unspecified atom stereocenters. The lowest BCUT2D eigenvalue weighted by Crippen LogP contribution is -2.42. The van der Waals surface area contributed by atoms with Crippen molar-refractivity contribution in [2.45, 2.75) is 44.8 Å². The third kappa shape index (κ3) is 5.31. The summed E-state index contributed by atoms with van der Waals surface area (Å²) in [5.74, 6) is -0.756. The third-order valence-corrected chi connectivity index (χ3v) is 7.15. The first kappa shape index (κ1) is 25.9. The van der Waals surface area contributed by atoms with E-state index in [1.807, 2.05) is 33.8 Å². The molecule has 0 saturated heterocycles. The maximum Gasteiger partial charge on any atom is 0.240 e. The smallest absolute Gasteiger partial charge is 0.240 e. The Kier molecular flexibility index (Phi) is 7.49. The van der Waals surface area contributed by atoms with Gasteiger partial charge in [0.1, 0.15) is 24.0 Å². The van der Waals surface area contributed by atoms with Crippen molar-refractivity contribution < 1.29 is 18.4 Å². The van der Waals surface area contributed by atoms with E-state index in [0.29, 0.717) is 23.6 Å². The highest BCUT2D eigenvalue weighted by molar-refractivity contribution is 8.00. The average Bonchev–Trinajstić information content (AvgIpc) is 3.16. The molecule has 2 heterocycles. The number of rotatable bonds is 6. The van der Waals surface area contributed by atoms with Gasteiger partial charge in [-0.1, -0.05) is 39.8 Å². The molecule has 2 amide bonds. The second kappa shape index (κ2) is 10.4. The first-order valence-electron chi connectivity index (χ1n) is 11.9. The lowest BCUT2D eigenvalue weighted by Gasteiger charge is -2.24. The van der Waals surface area contributed by atoms with Crippen LogP contribution >= 0.6 is 11.8 Å². The van der Waals surface area contributed by atoms with Gasteiger partial charge in [-0.3, -0.25) is 14.5 Å². The number of hydrogen-bond acceptors (Lipinski definition) is 4. The molecular weight excluding hydrogens is 482 g/mol. The molecule has 9 heteroatoms. The molecule has 36 heavy (non-hydrogen) atoms. The zero-order chi connectivity index (χ0) is 26.0. The summed E-state index contributed by atoms with van der Waals surface area (Å²) in [6.07, 6.45) is 0.768. The molecule has 0 bridgehead atoms. The molecule has 0 radical (unpaired) electrons. The molecule has 1 atom stereocenters. The predicted molar refractivity (Wildman–Crippen MR) is 139 cm³/mol. The van der Waals surface area contributed by atoms with Crippen molar-refractivity contribution in [1.82, 2.24) is 15.1 Å². The van der Waals surface area contributed by atoms with E-state index in [1.54, 1.807) is 22.9 Å². The lowest BCUT2D eigenvalue weighted by molar-refractivity contribution is -0.122. The van der Waals surface area contributed by atoms with Crippen molar-refractivity contribution >= 4 is 29.4 Å². The normalized spacial score (nSPS) is 16.0. The molecule has 0 saturated carbocycles. The first-order chi connectivity index (χ1) is 17.1. The number of amides is 2. The van der Waals surface area contributed by atoms with Crippen molar-refractivity contribution in [2.75, 3.05) is 23.7 Å². The largest absolute Gasteiger partial charge is 0.355 e. The fraction of sp³-hybridized carbons (Fsp3) is 0.370. The van der Waals surface area contributed by atoms with Gasteiger partial charge in [-0.2, -0.15) is 5.10 Å². The minimum absolute atomic E-state index is 0.101. The summed E-state index contributed by atoms with van der Waals surface area (Å²) in [7, 11) is 0. The van der Waals surface area contributed by atoms with Gasteiger partial charge in [0, 0.05) is 17.5 Å². The molecule has 1 N–H and O–H groups in total. The van der Waals surface area contributed by atoms with Crippen LogP contribution in [0, 0.1) is 11.6 Å². The number of anilines is 1. The van der Waals surface area contributed by atoms with Crippen molar-refractivity contribution in [2.24, 2.45) is 0 Å². The van der Waals surface area contributed by atoms with Crippen LogP contribution in [0.1, 0.15) is 56.2 Å². The van der Waals surface area contributed by atoms with E-state index in [2.05, 4.69) is 5.32 Å². The predicted octanol–water partition coefficient (Wildman–Crippen LogP) is 5.14. The van der Waals surface area contributed by atoms with E-state index in [1.165, 1.54) is 40.9 Å². The summed E-state index contributed by atoms with van der Waals surface area (Å²) >= 11 is 1.38. The Labute approximate surface area is 214 Å². The number of benzene rings is 2. The van der Waals surface area contributed by atoms with Crippen molar-refractivity contribution in [3.63, 3.8) is 0 Å². The van der Waals surface area contributed by atoms with Gasteiger partial charge in [0.25, 0.3) is 0 Å². The second-order valence-corrected chi connectivity index (χ2v) is 10.9. The maximum absolute atomic E-state index is 14.3. The number of halogens is 2. The van der Waals surface area contributed by atoms with E-state index in [0.717, 1.165) is 17.7 Å². The SMILES string of the molecule is CCCNC(=O)CN1C(=O)CS[C@H](c2cccc(F)c2)c2c(C(C)(C)C)nn(-c3ccc(F)cc3)c21. The molecule has 0 fully saturated rings. The number of carbonyl (C=O) groups is 2. The minimum Gasteiger partial charge on any atom is -0.355 e. The van der Waals surface area contributed by atoms with Gasteiger partial charge < -0.3 is 5.32 Å². The van der Waals surface area contributed by atoms with Gasteiger partial charge >= 0.3 is 0 Å². The van der Waals surface area contributed by atoms with Crippen LogP contribution in [0.5, 0.6) is 0 Å². The Morgan fingerprint density at radius 2 is 1.86 bits per heavy atom. The molecule has 3 aromatic rings. The van der Waals surface area contributed by atoms with E-state index in [4.69, 9.17) is 5.10 Å². The highest BCUT2D eigenvalue weighted by Gasteiger charge is 2.40. The molecule has 6 nitrogen and oxygen atoms in total. The van der Waals surface area contributed by atoms with Crippen molar-refractivity contribution in [3.05, 3.63) is 77.0 Å².